The van der Waals surface area contributed by atoms with Crippen LogP contribution in [0.4, 0.5) is 0 Å². The van der Waals surface area contributed by atoms with Gasteiger partial charge in [0.1, 0.15) is 12.3 Å². The molecule has 1 aromatic rings. The maximum absolute atomic E-state index is 11.9. The van der Waals surface area contributed by atoms with Crippen LogP contribution < -0.4 is 15.4 Å². The van der Waals surface area contributed by atoms with Crippen LogP contribution in [-0.4, -0.2) is 84.0 Å². The predicted molar refractivity (Wildman–Crippen MR) is 118 cm³/mol. The molecule has 30 heavy (non-hydrogen) atoms. The average molecular weight is 421 g/mol. The molecule has 1 saturated heterocycles. The number of amides is 1. The molecule has 2 N–H and O–H groups in total. The molecule has 8 nitrogen and oxygen atoms in total. The Hall–Kier alpha value is -2.32. The van der Waals surface area contributed by atoms with Crippen LogP contribution in [0.2, 0.25) is 0 Å². The number of aliphatic imine (C=N–C) groups is 1. The van der Waals surface area contributed by atoms with Gasteiger partial charge in [-0.05, 0) is 37.0 Å². The van der Waals surface area contributed by atoms with Crippen molar-refractivity contribution in [3.05, 3.63) is 29.8 Å². The van der Waals surface area contributed by atoms with Gasteiger partial charge in [0.25, 0.3) is 0 Å². The highest BCUT2D eigenvalue weighted by Crippen LogP contribution is 2.12. The first-order valence-electron chi connectivity index (χ1n) is 10.6. The fraction of sp³-hybridized carbons (Fsp3) is 0.636. The van der Waals surface area contributed by atoms with E-state index in [0.29, 0.717) is 25.0 Å². The second-order valence-electron chi connectivity index (χ2n) is 7.56. The van der Waals surface area contributed by atoms with Gasteiger partial charge in [-0.3, -0.25) is 4.79 Å². The van der Waals surface area contributed by atoms with Crippen molar-refractivity contribution in [1.29, 1.82) is 0 Å². The van der Waals surface area contributed by atoms with Crippen molar-refractivity contribution in [2.24, 2.45) is 10.9 Å². The molecule has 1 aromatic carbocycles. The first-order chi connectivity index (χ1) is 14.6. The third-order valence-corrected chi connectivity index (χ3v) is 4.87. The van der Waals surface area contributed by atoms with Crippen LogP contribution in [0.15, 0.2) is 29.3 Å². The van der Waals surface area contributed by atoms with Gasteiger partial charge in [0, 0.05) is 46.3 Å². The number of ether oxygens (including phenoxy) is 3. The summed E-state index contributed by atoms with van der Waals surface area (Å²) in [6, 6.07) is 8.01. The third-order valence-electron chi connectivity index (χ3n) is 4.87. The lowest BCUT2D eigenvalue weighted by Gasteiger charge is -2.14. The van der Waals surface area contributed by atoms with Crippen molar-refractivity contribution in [2.75, 3.05) is 67.3 Å². The van der Waals surface area contributed by atoms with Crippen LogP contribution in [0.25, 0.3) is 0 Å². The van der Waals surface area contributed by atoms with Crippen LogP contribution in [0, 0.1) is 5.92 Å². The Bertz CT molecular complexity index is 643. The molecule has 0 saturated carbocycles. The summed E-state index contributed by atoms with van der Waals surface area (Å²) in [5, 5.41) is 6.60. The number of hydrogen-bond donors (Lipinski definition) is 2. The Balaban J connectivity index is 1.71. The van der Waals surface area contributed by atoms with E-state index < -0.39 is 0 Å². The zero-order valence-electron chi connectivity index (χ0n) is 18.5. The number of likely N-dealkylation sites (N-methyl/N-ethyl adjacent to an activating group) is 1. The van der Waals surface area contributed by atoms with Gasteiger partial charge >= 0.3 is 0 Å². The fourth-order valence-corrected chi connectivity index (χ4v) is 2.93. The molecule has 1 heterocycles. The number of carbonyl (C=O) groups is 1. The number of methoxy groups -OCH3 is 1. The summed E-state index contributed by atoms with van der Waals surface area (Å²) in [5.41, 5.74) is 1.20. The van der Waals surface area contributed by atoms with Crippen LogP contribution in [0.1, 0.15) is 18.4 Å². The summed E-state index contributed by atoms with van der Waals surface area (Å²) in [6.45, 7) is 4.68. The van der Waals surface area contributed by atoms with E-state index in [1.807, 2.05) is 24.3 Å². The molecule has 8 heteroatoms. The summed E-state index contributed by atoms with van der Waals surface area (Å²) < 4.78 is 16.3. The fourth-order valence-electron chi connectivity index (χ4n) is 2.93. The van der Waals surface area contributed by atoms with Crippen molar-refractivity contribution < 1.29 is 19.0 Å². The molecule has 1 atom stereocenters. The molecule has 0 aliphatic carbocycles. The van der Waals surface area contributed by atoms with Crippen LogP contribution in [-0.2, 0) is 20.7 Å². The van der Waals surface area contributed by atoms with Gasteiger partial charge in [0.05, 0.1) is 20.3 Å². The molecular weight excluding hydrogens is 384 g/mol. The van der Waals surface area contributed by atoms with E-state index in [2.05, 4.69) is 15.6 Å². The lowest BCUT2D eigenvalue weighted by Crippen LogP contribution is -2.40. The summed E-state index contributed by atoms with van der Waals surface area (Å²) in [5.74, 6) is 1.99. The molecular formula is C22H36N4O4. The van der Waals surface area contributed by atoms with Gasteiger partial charge in [-0.2, -0.15) is 0 Å². The van der Waals surface area contributed by atoms with Crippen LogP contribution >= 0.6 is 0 Å². The Kier molecular flexibility index (Phi) is 11.0. The van der Waals surface area contributed by atoms with Crippen molar-refractivity contribution in [3.8, 4) is 5.75 Å². The van der Waals surface area contributed by atoms with Gasteiger partial charge in [0.2, 0.25) is 5.91 Å². The van der Waals surface area contributed by atoms with Gasteiger partial charge in [-0.1, -0.05) is 12.1 Å². The summed E-state index contributed by atoms with van der Waals surface area (Å²) in [4.78, 5) is 17.8. The molecule has 1 aliphatic rings. The van der Waals surface area contributed by atoms with Crippen LogP contribution in [0.5, 0.6) is 5.75 Å². The minimum Gasteiger partial charge on any atom is -0.497 e. The maximum Gasteiger partial charge on any atom is 0.243 e. The molecule has 0 spiro atoms. The molecule has 168 valence electrons. The Morgan fingerprint density at radius 3 is 2.67 bits per heavy atom. The third kappa shape index (κ3) is 9.45. The molecule has 1 aliphatic heterocycles. The first kappa shape index (κ1) is 24.0. The lowest BCUT2D eigenvalue weighted by atomic mass is 10.1. The van der Waals surface area contributed by atoms with Crippen molar-refractivity contribution >= 4 is 11.9 Å². The summed E-state index contributed by atoms with van der Waals surface area (Å²) in [6.07, 6.45) is 2.81. The van der Waals surface area contributed by atoms with Gasteiger partial charge in [-0.25, -0.2) is 4.99 Å². The summed E-state index contributed by atoms with van der Waals surface area (Å²) >= 11 is 0. The topological polar surface area (TPSA) is 84.4 Å². The predicted octanol–water partition coefficient (Wildman–Crippen LogP) is 1.30. The molecule has 0 radical (unpaired) electrons. The second kappa shape index (κ2) is 13.8. The smallest absolute Gasteiger partial charge is 0.243 e. The number of hydrogen-bond acceptors (Lipinski definition) is 5. The normalized spacial score (nSPS) is 16.4. The highest BCUT2D eigenvalue weighted by Gasteiger charge is 2.15. The van der Waals surface area contributed by atoms with E-state index >= 15 is 0 Å². The molecule has 1 fully saturated rings. The van der Waals surface area contributed by atoms with E-state index in [-0.39, 0.29) is 12.5 Å². The molecule has 1 unspecified atom stereocenters. The van der Waals surface area contributed by atoms with Crippen molar-refractivity contribution in [3.63, 3.8) is 0 Å². The number of nitrogens with zero attached hydrogens (tertiary/aromatic N) is 2. The van der Waals surface area contributed by atoms with Gasteiger partial charge in [0.15, 0.2) is 5.96 Å². The zero-order chi connectivity index (χ0) is 21.6. The number of benzene rings is 1. The van der Waals surface area contributed by atoms with Gasteiger partial charge in [-0.15, -0.1) is 0 Å². The molecule has 0 bridgehead atoms. The Labute approximate surface area is 180 Å². The van der Waals surface area contributed by atoms with Crippen molar-refractivity contribution in [2.45, 2.75) is 19.3 Å². The first-order valence-corrected chi connectivity index (χ1v) is 10.6. The number of rotatable bonds is 12. The molecule has 1 amide bonds. The highest BCUT2D eigenvalue weighted by molar-refractivity contribution is 5.84. The van der Waals surface area contributed by atoms with E-state index in [4.69, 9.17) is 14.2 Å². The Morgan fingerprint density at radius 1 is 1.23 bits per heavy atom. The molecule has 2 rings (SSSR count). The van der Waals surface area contributed by atoms with Gasteiger partial charge < -0.3 is 29.7 Å². The highest BCUT2D eigenvalue weighted by atomic mass is 16.5. The van der Waals surface area contributed by atoms with E-state index in [0.717, 1.165) is 51.4 Å². The quantitative estimate of drug-likeness (QED) is 0.301. The number of carbonyl (C=O) groups excluding carboxylic acids is 1. The average Bonchev–Trinajstić information content (AvgIpc) is 3.27. The standard InChI is InChI=1S/C22H36N4O4/c1-26(2)21(27)15-25-22(23-11-4-13-29-16-19-10-14-30-17-19)24-12-9-18-5-7-20(28-3)8-6-18/h5-8,19H,4,9-17H2,1-3H3,(H2,23,24,25). The minimum atomic E-state index is -0.0339. The van der Waals surface area contributed by atoms with E-state index in [1.54, 1.807) is 26.1 Å². The molecule has 0 aromatic heterocycles. The minimum absolute atomic E-state index is 0.0339. The van der Waals surface area contributed by atoms with Crippen molar-refractivity contribution in [1.82, 2.24) is 15.5 Å². The SMILES string of the molecule is COc1ccc(CCNC(=NCC(=O)N(C)C)NCCCOCC2CCOC2)cc1. The second-order valence-corrected chi connectivity index (χ2v) is 7.56. The largest absolute Gasteiger partial charge is 0.497 e. The van der Waals surface area contributed by atoms with E-state index in [1.165, 1.54) is 5.56 Å². The van der Waals surface area contributed by atoms with Crippen LogP contribution in [0.3, 0.4) is 0 Å². The maximum atomic E-state index is 11.9. The Morgan fingerprint density at radius 2 is 2.00 bits per heavy atom. The summed E-state index contributed by atoms with van der Waals surface area (Å²) in [7, 11) is 5.12. The number of nitrogens with one attached hydrogen (secondary N) is 2. The lowest BCUT2D eigenvalue weighted by molar-refractivity contribution is -0.127. The number of guanidine groups is 1. The zero-order valence-corrected chi connectivity index (χ0v) is 18.5. The monoisotopic (exact) mass is 420 g/mol. The van der Waals surface area contributed by atoms with E-state index in [9.17, 15) is 4.79 Å².